The van der Waals surface area contributed by atoms with Gasteiger partial charge in [-0.2, -0.15) is 13.2 Å². The number of methoxy groups -OCH3 is 1. The highest BCUT2D eigenvalue weighted by Gasteiger charge is 2.34. The van der Waals surface area contributed by atoms with Crippen LogP contribution in [0.1, 0.15) is 24.1 Å². The van der Waals surface area contributed by atoms with Gasteiger partial charge in [0, 0.05) is 11.7 Å². The standard InChI is InChI=1S/C16H16F3NO/c1-11(20-12-7-9-13(21-2)10-8-12)14-5-3-4-6-15(14)16(17,18)19/h3-11,20H,1-2H3/t11-/m1/s1. The van der Waals surface area contributed by atoms with E-state index in [0.29, 0.717) is 5.75 Å². The highest BCUT2D eigenvalue weighted by molar-refractivity contribution is 5.49. The molecule has 2 rings (SSSR count). The lowest BCUT2D eigenvalue weighted by Gasteiger charge is -2.20. The van der Waals surface area contributed by atoms with E-state index < -0.39 is 17.8 Å². The smallest absolute Gasteiger partial charge is 0.416 e. The Kier molecular flexibility index (Phi) is 4.40. The molecule has 0 radical (unpaired) electrons. The molecule has 2 aromatic carbocycles. The van der Waals surface area contributed by atoms with Crippen LogP contribution in [0.5, 0.6) is 5.75 Å². The van der Waals surface area contributed by atoms with Crippen molar-refractivity contribution in [2.75, 3.05) is 12.4 Å². The van der Waals surface area contributed by atoms with Crippen molar-refractivity contribution in [3.63, 3.8) is 0 Å². The molecule has 1 atom stereocenters. The van der Waals surface area contributed by atoms with Crippen molar-refractivity contribution in [1.82, 2.24) is 0 Å². The van der Waals surface area contributed by atoms with Crippen LogP contribution in [0.25, 0.3) is 0 Å². The van der Waals surface area contributed by atoms with Crippen molar-refractivity contribution in [3.05, 3.63) is 59.7 Å². The first-order chi connectivity index (χ1) is 9.91. The fraction of sp³-hybridized carbons (Fsp3) is 0.250. The summed E-state index contributed by atoms with van der Waals surface area (Å²) in [5, 5.41) is 3.07. The van der Waals surface area contributed by atoms with E-state index in [4.69, 9.17) is 4.74 Å². The summed E-state index contributed by atoms with van der Waals surface area (Å²) in [5.41, 5.74) is 0.347. The summed E-state index contributed by atoms with van der Waals surface area (Å²) in [4.78, 5) is 0. The third-order valence-corrected chi connectivity index (χ3v) is 3.21. The number of rotatable bonds is 4. The van der Waals surface area contributed by atoms with Gasteiger partial charge in [-0.1, -0.05) is 18.2 Å². The Morgan fingerprint density at radius 1 is 1.00 bits per heavy atom. The van der Waals surface area contributed by atoms with E-state index in [0.717, 1.165) is 11.8 Å². The van der Waals surface area contributed by atoms with Crippen molar-refractivity contribution >= 4 is 5.69 Å². The maximum absolute atomic E-state index is 13.0. The molecule has 5 heteroatoms. The molecule has 0 aliphatic carbocycles. The van der Waals surface area contributed by atoms with E-state index in [9.17, 15) is 13.2 Å². The van der Waals surface area contributed by atoms with Gasteiger partial charge >= 0.3 is 6.18 Å². The van der Waals surface area contributed by atoms with Crippen LogP contribution in [-0.2, 0) is 6.18 Å². The number of nitrogens with one attached hydrogen (secondary N) is 1. The third-order valence-electron chi connectivity index (χ3n) is 3.21. The van der Waals surface area contributed by atoms with Gasteiger partial charge in [-0.05, 0) is 42.8 Å². The van der Waals surface area contributed by atoms with E-state index in [1.165, 1.54) is 12.1 Å². The molecule has 1 N–H and O–H groups in total. The number of anilines is 1. The largest absolute Gasteiger partial charge is 0.497 e. The molecule has 0 unspecified atom stereocenters. The van der Waals surface area contributed by atoms with E-state index >= 15 is 0 Å². The van der Waals surface area contributed by atoms with Crippen molar-refractivity contribution in [1.29, 1.82) is 0 Å². The van der Waals surface area contributed by atoms with Crippen LogP contribution >= 0.6 is 0 Å². The Bertz CT molecular complexity index is 593. The molecule has 21 heavy (non-hydrogen) atoms. The summed E-state index contributed by atoms with van der Waals surface area (Å²) < 4.78 is 44.1. The first kappa shape index (κ1) is 15.2. The SMILES string of the molecule is COc1ccc(N[C@H](C)c2ccccc2C(F)(F)F)cc1. The number of ether oxygens (including phenoxy) is 1. The number of hydrogen-bond donors (Lipinski definition) is 1. The van der Waals surface area contributed by atoms with Crippen LogP contribution in [0, 0.1) is 0 Å². The van der Waals surface area contributed by atoms with E-state index in [1.54, 1.807) is 44.4 Å². The Balaban J connectivity index is 2.22. The Morgan fingerprint density at radius 3 is 2.19 bits per heavy atom. The zero-order valence-corrected chi connectivity index (χ0v) is 11.7. The van der Waals surface area contributed by atoms with Crippen molar-refractivity contribution in [3.8, 4) is 5.75 Å². The van der Waals surface area contributed by atoms with E-state index in [-0.39, 0.29) is 5.56 Å². The number of hydrogen-bond acceptors (Lipinski definition) is 2. The summed E-state index contributed by atoms with van der Waals surface area (Å²) in [6.07, 6.45) is -4.35. The molecule has 2 aromatic rings. The van der Waals surface area contributed by atoms with Gasteiger partial charge in [0.2, 0.25) is 0 Å². The fourth-order valence-electron chi connectivity index (χ4n) is 2.15. The second-order valence-corrected chi connectivity index (χ2v) is 4.68. The summed E-state index contributed by atoms with van der Waals surface area (Å²) in [5.74, 6) is 0.698. The van der Waals surface area contributed by atoms with E-state index in [2.05, 4.69) is 5.32 Å². The highest BCUT2D eigenvalue weighted by atomic mass is 19.4. The molecule has 0 spiro atoms. The molecule has 0 saturated heterocycles. The Morgan fingerprint density at radius 2 is 1.62 bits per heavy atom. The highest BCUT2D eigenvalue weighted by Crippen LogP contribution is 2.35. The van der Waals surface area contributed by atoms with Crippen LogP contribution in [0.3, 0.4) is 0 Å². The van der Waals surface area contributed by atoms with Gasteiger partial charge in [-0.3, -0.25) is 0 Å². The molecule has 0 bridgehead atoms. The van der Waals surface area contributed by atoms with Crippen LogP contribution < -0.4 is 10.1 Å². The lowest BCUT2D eigenvalue weighted by Crippen LogP contribution is -2.15. The molecule has 0 fully saturated rings. The van der Waals surface area contributed by atoms with E-state index in [1.807, 2.05) is 0 Å². The molecule has 112 valence electrons. The topological polar surface area (TPSA) is 21.3 Å². The van der Waals surface area contributed by atoms with Gasteiger partial charge in [0.05, 0.1) is 12.7 Å². The van der Waals surface area contributed by atoms with Gasteiger partial charge in [0.15, 0.2) is 0 Å². The van der Waals surface area contributed by atoms with Gasteiger partial charge in [-0.15, -0.1) is 0 Å². The fourth-order valence-corrected chi connectivity index (χ4v) is 2.15. The third kappa shape index (κ3) is 3.68. The molecular formula is C16H16F3NO. The summed E-state index contributed by atoms with van der Waals surface area (Å²) in [6, 6.07) is 12.2. The molecule has 0 aliphatic heterocycles. The summed E-state index contributed by atoms with van der Waals surface area (Å²) >= 11 is 0. The van der Waals surface area contributed by atoms with Crippen LogP contribution in [-0.4, -0.2) is 7.11 Å². The zero-order chi connectivity index (χ0) is 15.5. The lowest BCUT2D eigenvalue weighted by atomic mass is 10.0. The van der Waals surface area contributed by atoms with Crippen molar-refractivity contribution in [2.45, 2.75) is 19.1 Å². The lowest BCUT2D eigenvalue weighted by molar-refractivity contribution is -0.138. The normalized spacial score (nSPS) is 12.8. The van der Waals surface area contributed by atoms with Gasteiger partial charge in [-0.25, -0.2) is 0 Å². The average Bonchev–Trinajstić information content (AvgIpc) is 2.47. The second-order valence-electron chi connectivity index (χ2n) is 4.68. The molecule has 0 aromatic heterocycles. The molecule has 0 aliphatic rings. The minimum Gasteiger partial charge on any atom is -0.497 e. The minimum absolute atomic E-state index is 0.223. The quantitative estimate of drug-likeness (QED) is 0.867. The Labute approximate surface area is 121 Å². The molecular weight excluding hydrogens is 279 g/mol. The minimum atomic E-state index is -4.35. The van der Waals surface area contributed by atoms with Crippen LogP contribution in [0.15, 0.2) is 48.5 Å². The molecule has 0 heterocycles. The van der Waals surface area contributed by atoms with Crippen molar-refractivity contribution in [2.24, 2.45) is 0 Å². The van der Waals surface area contributed by atoms with Crippen molar-refractivity contribution < 1.29 is 17.9 Å². The Hall–Kier alpha value is -2.17. The monoisotopic (exact) mass is 295 g/mol. The number of benzene rings is 2. The van der Waals surface area contributed by atoms with Gasteiger partial charge < -0.3 is 10.1 Å². The first-order valence-electron chi connectivity index (χ1n) is 6.48. The summed E-state index contributed by atoms with van der Waals surface area (Å²) in [7, 11) is 1.56. The number of alkyl halides is 3. The molecule has 2 nitrogen and oxygen atoms in total. The average molecular weight is 295 g/mol. The van der Waals surface area contributed by atoms with Crippen LogP contribution in [0.2, 0.25) is 0 Å². The summed E-state index contributed by atoms with van der Waals surface area (Å²) in [6.45, 7) is 1.70. The number of halogens is 3. The van der Waals surface area contributed by atoms with Gasteiger partial charge in [0.25, 0.3) is 0 Å². The maximum atomic E-state index is 13.0. The molecule has 0 amide bonds. The second kappa shape index (κ2) is 6.08. The maximum Gasteiger partial charge on any atom is 0.416 e. The molecule has 0 saturated carbocycles. The predicted molar refractivity (Wildman–Crippen MR) is 76.5 cm³/mol. The predicted octanol–water partition coefficient (Wildman–Crippen LogP) is 4.89. The van der Waals surface area contributed by atoms with Gasteiger partial charge in [0.1, 0.15) is 5.75 Å². The zero-order valence-electron chi connectivity index (χ0n) is 11.7. The van der Waals surface area contributed by atoms with Crippen LogP contribution in [0.4, 0.5) is 18.9 Å². The first-order valence-corrected chi connectivity index (χ1v) is 6.48.